The first-order valence-electron chi connectivity index (χ1n) is 6.64. The van der Waals surface area contributed by atoms with Crippen molar-refractivity contribution in [3.05, 3.63) is 59.2 Å². The van der Waals surface area contributed by atoms with Crippen LogP contribution >= 0.6 is 11.6 Å². The number of ether oxygens (including phenoxy) is 2. The lowest BCUT2D eigenvalue weighted by molar-refractivity contribution is 0.304. The summed E-state index contributed by atoms with van der Waals surface area (Å²) in [6.07, 6.45) is 0. The van der Waals surface area contributed by atoms with Crippen molar-refractivity contribution in [2.24, 2.45) is 0 Å². The minimum atomic E-state index is 0.309. The molecule has 0 spiro atoms. The summed E-state index contributed by atoms with van der Waals surface area (Å²) >= 11 is 5.62. The topological polar surface area (TPSA) is 18.5 Å². The van der Waals surface area contributed by atoms with Crippen LogP contribution in [-0.4, -0.2) is 13.0 Å². The highest BCUT2D eigenvalue weighted by Crippen LogP contribution is 2.21. The molecule has 0 aliphatic rings. The van der Waals surface area contributed by atoms with Gasteiger partial charge in [0.25, 0.3) is 0 Å². The zero-order valence-electron chi connectivity index (χ0n) is 12.2. The van der Waals surface area contributed by atoms with Crippen LogP contribution in [0, 0.1) is 18.8 Å². The molecule has 0 saturated heterocycles. The summed E-state index contributed by atoms with van der Waals surface area (Å²) in [7, 11) is 1.65. The van der Waals surface area contributed by atoms with Gasteiger partial charge in [-0.15, -0.1) is 11.6 Å². The van der Waals surface area contributed by atoms with E-state index in [1.54, 1.807) is 7.11 Å². The molecule has 0 N–H and O–H groups in total. The molecular formula is C18H17ClO2. The largest absolute Gasteiger partial charge is 0.497 e. The smallest absolute Gasteiger partial charge is 0.135 e. The van der Waals surface area contributed by atoms with Gasteiger partial charge in [0.1, 0.15) is 18.1 Å². The van der Waals surface area contributed by atoms with Gasteiger partial charge >= 0.3 is 0 Å². The van der Waals surface area contributed by atoms with Crippen LogP contribution < -0.4 is 9.47 Å². The van der Waals surface area contributed by atoms with E-state index < -0.39 is 0 Å². The van der Waals surface area contributed by atoms with Gasteiger partial charge in [-0.25, -0.2) is 0 Å². The van der Waals surface area contributed by atoms with E-state index in [0.29, 0.717) is 12.5 Å². The lowest BCUT2D eigenvalue weighted by atomic mass is 10.1. The molecule has 0 fully saturated rings. The molecule has 0 amide bonds. The number of methoxy groups -OCH3 is 1. The first-order valence-corrected chi connectivity index (χ1v) is 7.17. The quantitative estimate of drug-likeness (QED) is 0.623. The van der Waals surface area contributed by atoms with E-state index in [1.807, 2.05) is 49.4 Å². The molecule has 2 aromatic rings. The summed E-state index contributed by atoms with van der Waals surface area (Å²) in [4.78, 5) is 0. The summed E-state index contributed by atoms with van der Waals surface area (Å²) in [6, 6.07) is 13.8. The number of hydrogen-bond donors (Lipinski definition) is 0. The fourth-order valence-corrected chi connectivity index (χ4v) is 1.99. The molecule has 0 aliphatic heterocycles. The molecule has 2 rings (SSSR count). The van der Waals surface area contributed by atoms with Crippen LogP contribution in [0.4, 0.5) is 0 Å². The van der Waals surface area contributed by atoms with Crippen molar-refractivity contribution in [3.63, 3.8) is 0 Å². The van der Waals surface area contributed by atoms with Crippen LogP contribution in [0.3, 0.4) is 0 Å². The summed E-state index contributed by atoms with van der Waals surface area (Å²) in [5, 5.41) is 0. The molecule has 0 radical (unpaired) electrons. The predicted octanol–water partition coefficient (Wildman–Crippen LogP) is 4.17. The first kappa shape index (κ1) is 15.3. The van der Waals surface area contributed by atoms with Gasteiger partial charge in [-0.3, -0.25) is 0 Å². The van der Waals surface area contributed by atoms with Crippen molar-refractivity contribution in [2.75, 3.05) is 13.0 Å². The Labute approximate surface area is 130 Å². The maximum Gasteiger partial charge on any atom is 0.135 e. The minimum Gasteiger partial charge on any atom is -0.497 e. The van der Waals surface area contributed by atoms with Gasteiger partial charge in [0.05, 0.1) is 18.6 Å². The molecular weight excluding hydrogens is 284 g/mol. The number of halogens is 1. The molecule has 21 heavy (non-hydrogen) atoms. The highest BCUT2D eigenvalue weighted by Gasteiger charge is 2.03. The zero-order chi connectivity index (χ0) is 15.1. The normalized spacial score (nSPS) is 9.67. The van der Waals surface area contributed by atoms with Crippen LogP contribution in [0.25, 0.3) is 0 Å². The summed E-state index contributed by atoms with van der Waals surface area (Å²) < 4.78 is 11.1. The van der Waals surface area contributed by atoms with E-state index in [-0.39, 0.29) is 0 Å². The highest BCUT2D eigenvalue weighted by molar-refractivity contribution is 6.19. The standard InChI is InChI=1S/C18H17ClO2/c1-14-8-9-18(16(11-14)6-4-10-19)21-13-15-5-3-7-17(12-15)20-2/h3,5,7-9,11-12H,10,13H2,1-2H3. The van der Waals surface area contributed by atoms with Crippen molar-refractivity contribution in [1.29, 1.82) is 0 Å². The molecule has 3 heteroatoms. The Morgan fingerprint density at radius 3 is 2.76 bits per heavy atom. The minimum absolute atomic E-state index is 0.309. The average Bonchev–Trinajstić information content (AvgIpc) is 2.52. The van der Waals surface area contributed by atoms with Gasteiger partial charge in [0.2, 0.25) is 0 Å². The molecule has 0 unspecified atom stereocenters. The van der Waals surface area contributed by atoms with E-state index in [2.05, 4.69) is 11.8 Å². The zero-order valence-corrected chi connectivity index (χ0v) is 12.9. The van der Waals surface area contributed by atoms with Crippen molar-refractivity contribution < 1.29 is 9.47 Å². The third-order valence-corrected chi connectivity index (χ3v) is 3.09. The fraction of sp³-hybridized carbons (Fsp3) is 0.222. The highest BCUT2D eigenvalue weighted by atomic mass is 35.5. The molecule has 0 heterocycles. The van der Waals surface area contributed by atoms with Crippen LogP contribution in [0.2, 0.25) is 0 Å². The van der Waals surface area contributed by atoms with Crippen LogP contribution in [0.1, 0.15) is 16.7 Å². The maximum absolute atomic E-state index is 5.87. The van der Waals surface area contributed by atoms with Gasteiger partial charge < -0.3 is 9.47 Å². The van der Waals surface area contributed by atoms with Gasteiger partial charge in [0, 0.05) is 0 Å². The lowest BCUT2D eigenvalue weighted by Gasteiger charge is -2.10. The van der Waals surface area contributed by atoms with Crippen LogP contribution in [0.5, 0.6) is 11.5 Å². The van der Waals surface area contributed by atoms with Crippen molar-refractivity contribution in [2.45, 2.75) is 13.5 Å². The monoisotopic (exact) mass is 300 g/mol. The van der Waals surface area contributed by atoms with E-state index in [0.717, 1.165) is 28.2 Å². The number of benzene rings is 2. The Balaban J connectivity index is 2.15. The Bertz CT molecular complexity index is 668. The van der Waals surface area contributed by atoms with E-state index >= 15 is 0 Å². The molecule has 108 valence electrons. The molecule has 0 aliphatic carbocycles. The first-order chi connectivity index (χ1) is 10.2. The molecule has 0 aromatic heterocycles. The third-order valence-electron chi connectivity index (χ3n) is 2.95. The van der Waals surface area contributed by atoms with Crippen molar-refractivity contribution in [3.8, 4) is 23.3 Å². The Hall–Kier alpha value is -2.11. The van der Waals surface area contributed by atoms with Gasteiger partial charge in [0.15, 0.2) is 0 Å². The van der Waals surface area contributed by atoms with Gasteiger partial charge in [-0.05, 0) is 42.3 Å². The second kappa shape index (κ2) is 7.61. The second-order valence-electron chi connectivity index (χ2n) is 4.58. The Kier molecular flexibility index (Phi) is 5.54. The molecule has 0 atom stereocenters. The van der Waals surface area contributed by atoms with Gasteiger partial charge in [-0.1, -0.05) is 30.0 Å². The predicted molar refractivity (Wildman–Crippen MR) is 86.1 cm³/mol. The number of rotatable bonds is 4. The molecule has 2 aromatic carbocycles. The molecule has 0 saturated carbocycles. The molecule has 2 nitrogen and oxygen atoms in total. The summed E-state index contributed by atoms with van der Waals surface area (Å²) in [5.74, 6) is 7.79. The van der Waals surface area contributed by atoms with E-state index in [9.17, 15) is 0 Å². The van der Waals surface area contributed by atoms with Crippen LogP contribution in [-0.2, 0) is 6.61 Å². The fourth-order valence-electron chi connectivity index (χ4n) is 1.92. The second-order valence-corrected chi connectivity index (χ2v) is 4.84. The van der Waals surface area contributed by atoms with E-state index in [4.69, 9.17) is 21.1 Å². The average molecular weight is 301 g/mol. The van der Waals surface area contributed by atoms with Crippen molar-refractivity contribution >= 4 is 11.6 Å². The van der Waals surface area contributed by atoms with Crippen LogP contribution in [0.15, 0.2) is 42.5 Å². The Morgan fingerprint density at radius 1 is 1.14 bits per heavy atom. The number of aryl methyl sites for hydroxylation is 1. The number of alkyl halides is 1. The Morgan fingerprint density at radius 2 is 2.00 bits per heavy atom. The summed E-state index contributed by atoms with van der Waals surface area (Å²) in [6.45, 7) is 2.49. The molecule has 0 bridgehead atoms. The third kappa shape index (κ3) is 4.44. The maximum atomic E-state index is 5.87. The summed E-state index contributed by atoms with van der Waals surface area (Å²) in [5.41, 5.74) is 3.05. The van der Waals surface area contributed by atoms with Gasteiger partial charge in [-0.2, -0.15) is 0 Å². The SMILES string of the molecule is COc1cccc(COc2ccc(C)cc2C#CCCl)c1. The van der Waals surface area contributed by atoms with Crippen molar-refractivity contribution in [1.82, 2.24) is 0 Å². The number of hydrogen-bond acceptors (Lipinski definition) is 2. The van der Waals surface area contributed by atoms with E-state index in [1.165, 1.54) is 0 Å². The lowest BCUT2D eigenvalue weighted by Crippen LogP contribution is -1.98.